The molecule has 2 aromatic rings. The molecule has 5 heteroatoms. The number of rotatable bonds is 6. The second-order valence-electron chi connectivity index (χ2n) is 6.71. The fourth-order valence-electron chi connectivity index (χ4n) is 3.38. The molecule has 26 heavy (non-hydrogen) atoms. The quantitative estimate of drug-likeness (QED) is 0.804. The molecule has 4 nitrogen and oxygen atoms in total. The molecule has 0 spiro atoms. The number of hydrogen-bond acceptors (Lipinski definition) is 4. The molecule has 0 aromatic heterocycles. The number of ether oxygens (including phenoxy) is 2. The summed E-state index contributed by atoms with van der Waals surface area (Å²) >= 11 is 6.42. The van der Waals surface area contributed by atoms with Gasteiger partial charge in [0.1, 0.15) is 5.75 Å². The van der Waals surface area contributed by atoms with Crippen molar-refractivity contribution < 1.29 is 14.6 Å². The third-order valence-corrected chi connectivity index (χ3v) is 5.08. The molecule has 1 aliphatic rings. The number of aliphatic hydroxyl groups is 1. The van der Waals surface area contributed by atoms with Crippen LogP contribution in [0.4, 0.5) is 0 Å². The summed E-state index contributed by atoms with van der Waals surface area (Å²) in [5, 5.41) is 10.8. The molecule has 0 saturated carbocycles. The van der Waals surface area contributed by atoms with Crippen LogP contribution in [0.15, 0.2) is 42.5 Å². The third-order valence-electron chi connectivity index (χ3n) is 4.71. The Morgan fingerprint density at radius 1 is 1.19 bits per heavy atom. The maximum atomic E-state index is 10.1. The lowest BCUT2D eigenvalue weighted by molar-refractivity contribution is -0.0931. The Morgan fingerprint density at radius 3 is 2.65 bits per heavy atom. The van der Waals surface area contributed by atoms with Gasteiger partial charge in [0.2, 0.25) is 0 Å². The minimum Gasteiger partial charge on any atom is -0.494 e. The van der Waals surface area contributed by atoms with Crippen LogP contribution in [0.25, 0.3) is 0 Å². The molecule has 0 amide bonds. The van der Waals surface area contributed by atoms with Crippen molar-refractivity contribution in [3.05, 3.63) is 64.2 Å². The number of benzene rings is 2. The van der Waals surface area contributed by atoms with Gasteiger partial charge in [0.05, 0.1) is 24.9 Å². The lowest BCUT2D eigenvalue weighted by atomic mass is 9.94. The second kappa shape index (κ2) is 8.87. The molecule has 0 bridgehead atoms. The number of halogens is 1. The molecule has 1 aliphatic heterocycles. The highest BCUT2D eigenvalue weighted by Crippen LogP contribution is 2.33. The smallest absolute Gasteiger partial charge is 0.119 e. The summed E-state index contributed by atoms with van der Waals surface area (Å²) in [6.07, 6.45) is 1.28. The van der Waals surface area contributed by atoms with Crippen molar-refractivity contribution in [2.45, 2.75) is 44.5 Å². The Kier molecular flexibility index (Phi) is 6.54. The molecule has 3 rings (SSSR count). The molecular weight excluding hydrogens is 350 g/mol. The number of aliphatic hydroxyl groups excluding tert-OH is 1. The van der Waals surface area contributed by atoms with Gasteiger partial charge in [0.15, 0.2) is 0 Å². The van der Waals surface area contributed by atoms with Crippen LogP contribution in [0.5, 0.6) is 5.75 Å². The van der Waals surface area contributed by atoms with E-state index in [4.69, 9.17) is 26.8 Å². The summed E-state index contributed by atoms with van der Waals surface area (Å²) in [6, 6.07) is 14.0. The molecule has 3 atom stereocenters. The Bertz CT molecular complexity index is 720. The number of hydrogen-bond donors (Lipinski definition) is 2. The monoisotopic (exact) mass is 375 g/mol. The Labute approximate surface area is 159 Å². The summed E-state index contributed by atoms with van der Waals surface area (Å²) in [5.41, 5.74) is 8.97. The zero-order valence-corrected chi connectivity index (χ0v) is 15.8. The summed E-state index contributed by atoms with van der Waals surface area (Å²) in [7, 11) is 0. The molecular formula is C21H26ClNO3. The molecule has 1 heterocycles. The maximum absolute atomic E-state index is 10.1. The minimum atomic E-state index is -0.382. The van der Waals surface area contributed by atoms with Crippen LogP contribution < -0.4 is 10.5 Å². The number of nitrogens with two attached hydrogens (primary N) is 1. The Hall–Kier alpha value is -1.59. The lowest BCUT2D eigenvalue weighted by Gasteiger charge is -2.33. The van der Waals surface area contributed by atoms with Crippen molar-refractivity contribution in [2.75, 3.05) is 13.2 Å². The van der Waals surface area contributed by atoms with Crippen molar-refractivity contribution in [1.82, 2.24) is 0 Å². The van der Waals surface area contributed by atoms with E-state index in [9.17, 15) is 5.11 Å². The zero-order valence-electron chi connectivity index (χ0n) is 15.0. The fourth-order valence-corrected chi connectivity index (χ4v) is 3.56. The summed E-state index contributed by atoms with van der Waals surface area (Å²) < 4.78 is 11.5. The van der Waals surface area contributed by atoms with Crippen LogP contribution in [0.1, 0.15) is 42.6 Å². The molecule has 1 saturated heterocycles. The van der Waals surface area contributed by atoms with Crippen molar-refractivity contribution in [3.63, 3.8) is 0 Å². The summed E-state index contributed by atoms with van der Waals surface area (Å²) in [6.45, 7) is 3.04. The topological polar surface area (TPSA) is 64.7 Å². The van der Waals surface area contributed by atoms with Gasteiger partial charge in [-0.3, -0.25) is 0 Å². The van der Waals surface area contributed by atoms with E-state index in [1.807, 2.05) is 31.2 Å². The van der Waals surface area contributed by atoms with Crippen LogP contribution >= 0.6 is 11.6 Å². The van der Waals surface area contributed by atoms with E-state index < -0.39 is 0 Å². The van der Waals surface area contributed by atoms with Gasteiger partial charge < -0.3 is 20.3 Å². The molecule has 3 N–H and O–H groups in total. The van der Waals surface area contributed by atoms with E-state index in [-0.39, 0.29) is 18.3 Å². The molecule has 140 valence electrons. The van der Waals surface area contributed by atoms with Crippen molar-refractivity contribution in [1.29, 1.82) is 0 Å². The standard InChI is InChI=1S/C21H26ClNO3/c1-2-25-18-6-3-14(4-7-18)9-16-10-15(5-8-20(16)22)21-12-17(24)11-19(13-23)26-21/h3-8,10,17,19,21,24H,2,9,11-13,23H2,1H3. The molecule has 2 aromatic carbocycles. The zero-order chi connectivity index (χ0) is 18.5. The van der Waals surface area contributed by atoms with Gasteiger partial charge in [0.25, 0.3) is 0 Å². The van der Waals surface area contributed by atoms with E-state index in [1.165, 1.54) is 0 Å². The van der Waals surface area contributed by atoms with Crippen LogP contribution in [-0.4, -0.2) is 30.5 Å². The van der Waals surface area contributed by atoms with Crippen molar-refractivity contribution in [3.8, 4) is 5.75 Å². The molecule has 1 fully saturated rings. The van der Waals surface area contributed by atoms with Gasteiger partial charge in [-0.1, -0.05) is 35.9 Å². The van der Waals surface area contributed by atoms with E-state index in [0.29, 0.717) is 26.0 Å². The highest BCUT2D eigenvalue weighted by molar-refractivity contribution is 6.31. The van der Waals surface area contributed by atoms with E-state index in [0.717, 1.165) is 33.9 Å². The first-order valence-corrected chi connectivity index (χ1v) is 9.50. The summed E-state index contributed by atoms with van der Waals surface area (Å²) in [5.74, 6) is 0.869. The van der Waals surface area contributed by atoms with Gasteiger partial charge in [-0.05, 0) is 48.2 Å². The fraction of sp³-hybridized carbons (Fsp3) is 0.429. The van der Waals surface area contributed by atoms with E-state index in [2.05, 4.69) is 18.2 Å². The normalized spacial score (nSPS) is 23.0. The molecule has 0 aliphatic carbocycles. The van der Waals surface area contributed by atoms with Crippen molar-refractivity contribution in [2.24, 2.45) is 5.73 Å². The molecule has 0 radical (unpaired) electrons. The minimum absolute atomic E-state index is 0.103. The second-order valence-corrected chi connectivity index (χ2v) is 7.12. The van der Waals surface area contributed by atoms with Gasteiger partial charge in [-0.25, -0.2) is 0 Å². The van der Waals surface area contributed by atoms with Crippen LogP contribution in [0.3, 0.4) is 0 Å². The lowest BCUT2D eigenvalue weighted by Crippen LogP contribution is -2.36. The van der Waals surface area contributed by atoms with Crippen molar-refractivity contribution >= 4 is 11.6 Å². The third kappa shape index (κ3) is 4.77. The largest absolute Gasteiger partial charge is 0.494 e. The summed E-state index contributed by atoms with van der Waals surface area (Å²) in [4.78, 5) is 0. The highest BCUT2D eigenvalue weighted by Gasteiger charge is 2.28. The van der Waals surface area contributed by atoms with Gasteiger partial charge in [-0.15, -0.1) is 0 Å². The van der Waals surface area contributed by atoms with Crippen LogP contribution in [0.2, 0.25) is 5.02 Å². The first kappa shape index (κ1) is 19.2. The highest BCUT2D eigenvalue weighted by atomic mass is 35.5. The van der Waals surface area contributed by atoms with E-state index in [1.54, 1.807) is 0 Å². The average Bonchev–Trinajstić information content (AvgIpc) is 2.64. The predicted octanol–water partition coefficient (Wildman–Crippen LogP) is 3.87. The Balaban J connectivity index is 1.77. The van der Waals surface area contributed by atoms with Gasteiger partial charge in [0, 0.05) is 24.4 Å². The van der Waals surface area contributed by atoms with Gasteiger partial charge in [-0.2, -0.15) is 0 Å². The first-order chi connectivity index (χ1) is 12.6. The average molecular weight is 376 g/mol. The van der Waals surface area contributed by atoms with Gasteiger partial charge >= 0.3 is 0 Å². The van der Waals surface area contributed by atoms with Crippen LogP contribution in [-0.2, 0) is 11.2 Å². The van der Waals surface area contributed by atoms with Crippen LogP contribution in [0, 0.1) is 0 Å². The maximum Gasteiger partial charge on any atom is 0.119 e. The molecule has 3 unspecified atom stereocenters. The SMILES string of the molecule is CCOc1ccc(Cc2cc(C3CC(O)CC(CN)O3)ccc2Cl)cc1. The Morgan fingerprint density at radius 2 is 1.96 bits per heavy atom. The predicted molar refractivity (Wildman–Crippen MR) is 104 cm³/mol. The first-order valence-electron chi connectivity index (χ1n) is 9.12. The van der Waals surface area contributed by atoms with E-state index >= 15 is 0 Å².